The van der Waals surface area contributed by atoms with Crippen molar-refractivity contribution < 1.29 is 18.7 Å². The fourth-order valence-corrected chi connectivity index (χ4v) is 3.87. The van der Waals surface area contributed by atoms with Gasteiger partial charge in [0.05, 0.1) is 11.8 Å². The van der Waals surface area contributed by atoms with Gasteiger partial charge in [0.2, 0.25) is 11.9 Å². The van der Waals surface area contributed by atoms with Crippen LogP contribution < -0.4 is 16.0 Å². The smallest absolute Gasteiger partial charge is 0.410 e. The van der Waals surface area contributed by atoms with E-state index in [0.717, 1.165) is 0 Å². The van der Waals surface area contributed by atoms with Crippen molar-refractivity contribution in [2.45, 2.75) is 58.6 Å². The van der Waals surface area contributed by atoms with Gasteiger partial charge < -0.3 is 20.7 Å². The number of ether oxygens (including phenoxy) is 1. The molecule has 0 spiro atoms. The van der Waals surface area contributed by atoms with Gasteiger partial charge in [-0.05, 0) is 63.8 Å². The second-order valence-electron chi connectivity index (χ2n) is 10.0. The number of likely N-dealkylation sites (tertiary alicyclic amines) is 1. The molecule has 2 atom stereocenters. The first-order chi connectivity index (χ1) is 17.6. The van der Waals surface area contributed by atoms with Gasteiger partial charge >= 0.3 is 6.09 Å². The molecule has 2 amide bonds. The van der Waals surface area contributed by atoms with Crippen LogP contribution in [0.2, 0.25) is 0 Å². The van der Waals surface area contributed by atoms with Crippen LogP contribution in [0.4, 0.5) is 26.6 Å². The van der Waals surface area contributed by atoms with Crippen LogP contribution in [0.3, 0.4) is 0 Å². The Kier molecular flexibility index (Phi) is 9.28. The van der Waals surface area contributed by atoms with Crippen molar-refractivity contribution in [3.05, 3.63) is 41.8 Å². The predicted molar refractivity (Wildman–Crippen MR) is 141 cm³/mol. The second kappa shape index (κ2) is 12.4. The van der Waals surface area contributed by atoms with Crippen molar-refractivity contribution in [3.63, 3.8) is 0 Å². The third kappa shape index (κ3) is 8.34. The van der Waals surface area contributed by atoms with Crippen molar-refractivity contribution in [2.24, 2.45) is 5.92 Å². The number of carbonyl (C=O) groups excluding carboxylic acids is 2. The minimum Gasteiger partial charge on any atom is -0.444 e. The lowest BCUT2D eigenvalue weighted by Crippen LogP contribution is -2.47. The standard InChI is InChI=1S/C27H35FN6O3/c1-18-15-22(34(17-18)26(36)37-27(2,3)4)24(35)30-14-8-6-7-9-19-16-31-25(33-23(19)29-5)32-21-12-10-20(28)11-13-21/h10-13,16,18,22H,6,8,14-15,17H2,1-5H3,(H,30,35)(H2,29,31,32,33)/t18-,22-/m0/s1. The molecule has 10 heteroatoms. The van der Waals surface area contributed by atoms with Crippen LogP contribution in [0, 0.1) is 23.6 Å². The van der Waals surface area contributed by atoms with E-state index in [1.807, 2.05) is 27.7 Å². The molecular weight excluding hydrogens is 475 g/mol. The Balaban J connectivity index is 1.48. The molecule has 0 saturated carbocycles. The van der Waals surface area contributed by atoms with Gasteiger partial charge in [-0.1, -0.05) is 18.8 Å². The first-order valence-electron chi connectivity index (χ1n) is 12.4. The highest BCUT2D eigenvalue weighted by molar-refractivity contribution is 5.86. The fourth-order valence-electron chi connectivity index (χ4n) is 3.87. The Morgan fingerprint density at radius 2 is 1.97 bits per heavy atom. The molecule has 0 aliphatic carbocycles. The molecule has 1 aromatic carbocycles. The number of benzene rings is 1. The monoisotopic (exact) mass is 510 g/mol. The van der Waals surface area contributed by atoms with Crippen molar-refractivity contribution in [3.8, 4) is 11.8 Å². The van der Waals surface area contributed by atoms with Gasteiger partial charge in [0.25, 0.3) is 0 Å². The molecule has 1 aromatic heterocycles. The number of carbonyl (C=O) groups is 2. The highest BCUT2D eigenvalue weighted by atomic mass is 19.1. The Morgan fingerprint density at radius 1 is 1.24 bits per heavy atom. The number of nitrogens with zero attached hydrogens (tertiary/aromatic N) is 3. The quantitative estimate of drug-likeness (QED) is 0.377. The van der Waals surface area contributed by atoms with Crippen LogP contribution in [0.15, 0.2) is 30.5 Å². The molecule has 3 rings (SSSR count). The van der Waals surface area contributed by atoms with E-state index in [9.17, 15) is 14.0 Å². The number of nitrogens with one attached hydrogen (secondary N) is 3. The zero-order valence-electron chi connectivity index (χ0n) is 22.0. The van der Waals surface area contributed by atoms with Gasteiger partial charge in [-0.2, -0.15) is 4.98 Å². The summed E-state index contributed by atoms with van der Waals surface area (Å²) in [4.78, 5) is 35.5. The maximum atomic E-state index is 13.1. The van der Waals surface area contributed by atoms with E-state index in [1.54, 1.807) is 25.4 Å². The van der Waals surface area contributed by atoms with E-state index in [0.29, 0.717) is 55.4 Å². The highest BCUT2D eigenvalue weighted by Crippen LogP contribution is 2.25. The number of amides is 2. The number of aromatic nitrogens is 2. The SMILES string of the molecule is CNc1nc(Nc2ccc(F)cc2)ncc1C#CCCCNC(=O)[C@@H]1C[C@H](C)CN1C(=O)OC(C)(C)C. The molecule has 1 aliphatic heterocycles. The van der Waals surface area contributed by atoms with Crippen LogP contribution >= 0.6 is 0 Å². The molecule has 1 saturated heterocycles. The van der Waals surface area contributed by atoms with E-state index in [4.69, 9.17) is 4.74 Å². The molecule has 0 bridgehead atoms. The number of anilines is 3. The summed E-state index contributed by atoms with van der Waals surface area (Å²) in [7, 11) is 1.75. The van der Waals surface area contributed by atoms with Crippen molar-refractivity contribution in [2.75, 3.05) is 30.8 Å². The van der Waals surface area contributed by atoms with Crippen molar-refractivity contribution >= 4 is 29.5 Å². The maximum Gasteiger partial charge on any atom is 0.410 e. The molecule has 1 fully saturated rings. The van der Waals surface area contributed by atoms with Crippen LogP contribution in [-0.4, -0.2) is 58.6 Å². The Bertz CT molecular complexity index is 1150. The summed E-state index contributed by atoms with van der Waals surface area (Å²) in [6.45, 7) is 8.42. The van der Waals surface area contributed by atoms with Gasteiger partial charge in [-0.15, -0.1) is 0 Å². The van der Waals surface area contributed by atoms with Gasteiger partial charge in [-0.3, -0.25) is 9.69 Å². The predicted octanol–water partition coefficient (Wildman–Crippen LogP) is 4.29. The molecule has 198 valence electrons. The van der Waals surface area contributed by atoms with Crippen molar-refractivity contribution in [1.82, 2.24) is 20.2 Å². The van der Waals surface area contributed by atoms with E-state index in [1.165, 1.54) is 17.0 Å². The molecule has 0 unspecified atom stereocenters. The molecule has 3 N–H and O–H groups in total. The van der Waals surface area contributed by atoms with Gasteiger partial charge in [0, 0.05) is 32.2 Å². The first-order valence-corrected chi connectivity index (χ1v) is 12.4. The van der Waals surface area contributed by atoms with E-state index < -0.39 is 17.7 Å². The molecule has 2 aromatic rings. The van der Waals surface area contributed by atoms with Crippen LogP contribution in [0.5, 0.6) is 0 Å². The highest BCUT2D eigenvalue weighted by Gasteiger charge is 2.39. The topological polar surface area (TPSA) is 108 Å². The second-order valence-corrected chi connectivity index (χ2v) is 10.0. The minimum absolute atomic E-state index is 0.168. The maximum absolute atomic E-state index is 13.1. The summed E-state index contributed by atoms with van der Waals surface area (Å²) in [5.74, 6) is 6.83. The lowest BCUT2D eigenvalue weighted by molar-refractivity contribution is -0.125. The molecule has 9 nitrogen and oxygen atoms in total. The van der Waals surface area contributed by atoms with Gasteiger partial charge in [0.1, 0.15) is 23.3 Å². The Hall–Kier alpha value is -3.87. The Labute approximate surface area is 217 Å². The average molecular weight is 511 g/mol. The fraction of sp³-hybridized carbons (Fsp3) is 0.481. The van der Waals surface area contributed by atoms with E-state index in [-0.39, 0.29) is 17.6 Å². The molecule has 2 heterocycles. The zero-order valence-corrected chi connectivity index (χ0v) is 22.0. The minimum atomic E-state index is -0.611. The van der Waals surface area contributed by atoms with Crippen LogP contribution in [0.25, 0.3) is 0 Å². The lowest BCUT2D eigenvalue weighted by atomic mass is 10.1. The average Bonchev–Trinajstić information content (AvgIpc) is 3.24. The summed E-state index contributed by atoms with van der Waals surface area (Å²) in [6.07, 6.45) is 3.00. The van der Waals surface area contributed by atoms with Crippen LogP contribution in [0.1, 0.15) is 52.5 Å². The summed E-state index contributed by atoms with van der Waals surface area (Å²) in [5.41, 5.74) is 0.704. The zero-order chi connectivity index (χ0) is 27.0. The van der Waals surface area contributed by atoms with E-state index >= 15 is 0 Å². The van der Waals surface area contributed by atoms with Crippen molar-refractivity contribution in [1.29, 1.82) is 0 Å². The normalized spacial score (nSPS) is 17.0. The molecule has 1 aliphatic rings. The van der Waals surface area contributed by atoms with Crippen LogP contribution in [-0.2, 0) is 9.53 Å². The molecule has 37 heavy (non-hydrogen) atoms. The number of hydrogen-bond acceptors (Lipinski definition) is 7. The largest absolute Gasteiger partial charge is 0.444 e. The first kappa shape index (κ1) is 27.7. The third-order valence-corrected chi connectivity index (χ3v) is 5.57. The lowest BCUT2D eigenvalue weighted by Gasteiger charge is -2.28. The summed E-state index contributed by atoms with van der Waals surface area (Å²) < 4.78 is 18.6. The number of halogens is 1. The number of unbranched alkanes of at least 4 members (excludes halogenated alkanes) is 1. The third-order valence-electron chi connectivity index (χ3n) is 5.57. The summed E-state index contributed by atoms with van der Waals surface area (Å²) >= 11 is 0. The summed E-state index contributed by atoms with van der Waals surface area (Å²) in [5, 5.41) is 8.95. The van der Waals surface area contributed by atoms with Gasteiger partial charge in [0.15, 0.2) is 0 Å². The van der Waals surface area contributed by atoms with E-state index in [2.05, 4.69) is 37.8 Å². The molecular formula is C27H35FN6O3. The number of hydrogen-bond donors (Lipinski definition) is 3. The molecule has 0 radical (unpaired) electrons. The summed E-state index contributed by atoms with van der Waals surface area (Å²) in [6, 6.07) is 5.40. The Morgan fingerprint density at radius 3 is 2.65 bits per heavy atom. The van der Waals surface area contributed by atoms with Gasteiger partial charge in [-0.25, -0.2) is 14.2 Å². The number of rotatable bonds is 7.